The summed E-state index contributed by atoms with van der Waals surface area (Å²) in [5.74, 6) is -0.548. The number of hydrogen-bond acceptors (Lipinski definition) is 5. The number of halogens is 1. The van der Waals surface area contributed by atoms with Gasteiger partial charge in [0.25, 0.3) is 10.0 Å². The van der Waals surface area contributed by atoms with Gasteiger partial charge in [0, 0.05) is 24.0 Å². The molecule has 0 spiro atoms. The Morgan fingerprint density at radius 1 is 0.889 bits per heavy atom. The van der Waals surface area contributed by atoms with E-state index in [4.69, 9.17) is 4.74 Å². The quantitative estimate of drug-likeness (QED) is 0.172. The Balaban J connectivity index is 1.84. The van der Waals surface area contributed by atoms with Crippen molar-refractivity contribution in [1.29, 1.82) is 0 Å². The van der Waals surface area contributed by atoms with Gasteiger partial charge >= 0.3 is 0 Å². The first-order valence-electron chi connectivity index (χ1n) is 14.7. The minimum Gasteiger partial charge on any atom is -0.495 e. The van der Waals surface area contributed by atoms with Crippen molar-refractivity contribution in [3.8, 4) is 5.75 Å². The lowest BCUT2D eigenvalue weighted by molar-refractivity contribution is -0.140. The number of amides is 2. The Bertz CT molecular complexity index is 1700. The van der Waals surface area contributed by atoms with Crippen LogP contribution >= 0.6 is 15.9 Å². The Morgan fingerprint density at radius 2 is 1.56 bits per heavy atom. The summed E-state index contributed by atoms with van der Waals surface area (Å²) in [4.78, 5) is 29.8. The molecule has 4 rings (SSSR count). The number of rotatable bonds is 14. The summed E-state index contributed by atoms with van der Waals surface area (Å²) in [6.07, 6.45) is 0.967. The molecule has 2 amide bonds. The van der Waals surface area contributed by atoms with Crippen molar-refractivity contribution in [3.63, 3.8) is 0 Å². The van der Waals surface area contributed by atoms with E-state index < -0.39 is 28.5 Å². The molecule has 8 nitrogen and oxygen atoms in total. The average molecular weight is 693 g/mol. The molecule has 236 valence electrons. The largest absolute Gasteiger partial charge is 0.495 e. The number of hydrogen-bond donors (Lipinski definition) is 1. The fourth-order valence-electron chi connectivity index (χ4n) is 4.98. The maximum atomic E-state index is 14.6. The molecule has 0 fully saturated rings. The second-order valence-corrected chi connectivity index (χ2v) is 13.4. The molecular weight excluding hydrogens is 654 g/mol. The summed E-state index contributed by atoms with van der Waals surface area (Å²) in [6, 6.07) is 29.2. The number of nitrogens with zero attached hydrogens (tertiary/aromatic N) is 2. The highest BCUT2D eigenvalue weighted by Crippen LogP contribution is 2.34. The van der Waals surface area contributed by atoms with Crippen molar-refractivity contribution in [2.45, 2.75) is 44.2 Å². The molecule has 4 aromatic carbocycles. The fraction of sp³-hybridized carbons (Fsp3) is 0.257. The number of carbonyl (C=O) groups excluding carboxylic acids is 2. The van der Waals surface area contributed by atoms with E-state index in [9.17, 15) is 18.0 Å². The van der Waals surface area contributed by atoms with Crippen molar-refractivity contribution in [3.05, 3.63) is 124 Å². The number of anilines is 1. The highest BCUT2D eigenvalue weighted by molar-refractivity contribution is 9.10. The molecule has 10 heteroatoms. The Kier molecular flexibility index (Phi) is 11.8. The molecule has 0 aliphatic rings. The third-order valence-electron chi connectivity index (χ3n) is 7.28. The molecule has 1 N–H and O–H groups in total. The standard InChI is InChI=1S/C35H38BrN3O5S/c1-4-20-37-35(41)32(23-27-12-7-5-8-13-27)38(24-28-14-11-15-29(36)22-28)34(40)25-39(31-21-26(2)18-19-33(31)44-3)45(42,43)30-16-9-6-10-17-30/h5-19,21-22,32H,4,20,23-25H2,1-3H3,(H,37,41)/t32-/m0/s1. The lowest BCUT2D eigenvalue weighted by Gasteiger charge is -2.34. The van der Waals surface area contributed by atoms with Crippen molar-refractivity contribution >= 4 is 43.5 Å². The molecule has 0 bridgehead atoms. The average Bonchev–Trinajstić information content (AvgIpc) is 3.04. The minimum absolute atomic E-state index is 0.0291. The van der Waals surface area contributed by atoms with Gasteiger partial charge in [-0.2, -0.15) is 0 Å². The normalized spacial score (nSPS) is 11.8. The van der Waals surface area contributed by atoms with Gasteiger partial charge < -0.3 is 15.0 Å². The maximum Gasteiger partial charge on any atom is 0.264 e. The van der Waals surface area contributed by atoms with E-state index >= 15 is 0 Å². The smallest absolute Gasteiger partial charge is 0.264 e. The molecule has 0 radical (unpaired) electrons. The van der Waals surface area contributed by atoms with Crippen LogP contribution < -0.4 is 14.4 Å². The lowest BCUT2D eigenvalue weighted by atomic mass is 10.0. The second kappa shape index (κ2) is 15.7. The van der Waals surface area contributed by atoms with Crippen molar-refractivity contribution in [2.75, 3.05) is 24.5 Å². The first-order chi connectivity index (χ1) is 21.6. The van der Waals surface area contributed by atoms with Gasteiger partial charge in [0.1, 0.15) is 18.3 Å². The highest BCUT2D eigenvalue weighted by Gasteiger charge is 2.35. The predicted octanol–water partition coefficient (Wildman–Crippen LogP) is 6.13. The van der Waals surface area contributed by atoms with E-state index in [1.165, 1.54) is 24.1 Å². The van der Waals surface area contributed by atoms with Crippen molar-refractivity contribution in [1.82, 2.24) is 10.2 Å². The molecule has 0 heterocycles. The minimum atomic E-state index is -4.23. The molecule has 0 saturated carbocycles. The lowest BCUT2D eigenvalue weighted by Crippen LogP contribution is -2.53. The van der Waals surface area contributed by atoms with E-state index in [2.05, 4.69) is 21.2 Å². The van der Waals surface area contributed by atoms with Gasteiger partial charge in [-0.15, -0.1) is 0 Å². The van der Waals surface area contributed by atoms with Gasteiger partial charge in [-0.3, -0.25) is 13.9 Å². The van der Waals surface area contributed by atoms with E-state index in [0.29, 0.717) is 12.3 Å². The molecule has 4 aromatic rings. The highest BCUT2D eigenvalue weighted by atomic mass is 79.9. The third kappa shape index (κ3) is 8.73. The van der Waals surface area contributed by atoms with Crippen molar-refractivity contribution < 1.29 is 22.7 Å². The molecule has 0 unspecified atom stereocenters. The summed E-state index contributed by atoms with van der Waals surface area (Å²) >= 11 is 3.50. The summed E-state index contributed by atoms with van der Waals surface area (Å²) < 4.78 is 35.9. The molecule has 0 saturated heterocycles. The van der Waals surface area contributed by atoms with Crippen LogP contribution in [-0.4, -0.2) is 51.4 Å². The molecule has 1 atom stereocenters. The summed E-state index contributed by atoms with van der Waals surface area (Å²) in [5.41, 5.74) is 2.67. The molecule has 45 heavy (non-hydrogen) atoms. The number of methoxy groups -OCH3 is 1. The van der Waals surface area contributed by atoms with Gasteiger partial charge in [0.2, 0.25) is 11.8 Å². The van der Waals surface area contributed by atoms with Crippen molar-refractivity contribution in [2.24, 2.45) is 0 Å². The summed E-state index contributed by atoms with van der Waals surface area (Å²) in [7, 11) is -2.78. The van der Waals surface area contributed by atoms with E-state index in [1.807, 2.05) is 74.5 Å². The van der Waals surface area contributed by atoms with Gasteiger partial charge in [-0.05, 0) is 66.4 Å². The molecule has 0 aromatic heterocycles. The maximum absolute atomic E-state index is 14.6. The van der Waals surface area contributed by atoms with E-state index in [1.54, 1.807) is 30.3 Å². The van der Waals surface area contributed by atoms with Crippen LogP contribution in [0.5, 0.6) is 5.75 Å². The van der Waals surface area contributed by atoms with Crippen LogP contribution in [0.1, 0.15) is 30.0 Å². The van der Waals surface area contributed by atoms with Crippen LogP contribution in [0.25, 0.3) is 0 Å². The summed E-state index contributed by atoms with van der Waals surface area (Å²) in [5, 5.41) is 2.96. The van der Waals surface area contributed by atoms with Crippen LogP contribution in [0.4, 0.5) is 5.69 Å². The number of sulfonamides is 1. The summed E-state index contributed by atoms with van der Waals surface area (Å²) in [6.45, 7) is 3.76. The van der Waals surface area contributed by atoms with Gasteiger partial charge in [0.15, 0.2) is 0 Å². The molecule has 0 aliphatic heterocycles. The zero-order chi connectivity index (χ0) is 32.4. The first-order valence-corrected chi connectivity index (χ1v) is 16.9. The number of ether oxygens (including phenoxy) is 1. The van der Waals surface area contributed by atoms with E-state index in [-0.39, 0.29) is 29.5 Å². The Labute approximate surface area is 274 Å². The zero-order valence-electron chi connectivity index (χ0n) is 25.6. The van der Waals surface area contributed by atoms with Gasteiger partial charge in [-0.1, -0.05) is 89.6 Å². The number of nitrogens with one attached hydrogen (secondary N) is 1. The monoisotopic (exact) mass is 691 g/mol. The van der Waals surface area contributed by atoms with Gasteiger partial charge in [-0.25, -0.2) is 8.42 Å². The predicted molar refractivity (Wildman–Crippen MR) is 181 cm³/mol. The molecule has 0 aliphatic carbocycles. The van der Waals surface area contributed by atoms with Crippen LogP contribution in [0.3, 0.4) is 0 Å². The zero-order valence-corrected chi connectivity index (χ0v) is 28.1. The number of benzene rings is 4. The fourth-order valence-corrected chi connectivity index (χ4v) is 6.86. The van der Waals surface area contributed by atoms with Crippen LogP contribution in [0.15, 0.2) is 112 Å². The molecular formula is C35H38BrN3O5S. The number of aryl methyl sites for hydroxylation is 1. The second-order valence-electron chi connectivity index (χ2n) is 10.6. The SMILES string of the molecule is CCCNC(=O)[C@H](Cc1ccccc1)N(Cc1cccc(Br)c1)C(=O)CN(c1cc(C)ccc1OC)S(=O)(=O)c1ccccc1. The van der Waals surface area contributed by atoms with Crippen LogP contribution in [0, 0.1) is 6.92 Å². The first kappa shape index (κ1) is 33.7. The van der Waals surface area contributed by atoms with Crippen LogP contribution in [0.2, 0.25) is 0 Å². The van der Waals surface area contributed by atoms with E-state index in [0.717, 1.165) is 31.9 Å². The Morgan fingerprint density at radius 3 is 2.20 bits per heavy atom. The topological polar surface area (TPSA) is 96.0 Å². The number of carbonyl (C=O) groups is 2. The van der Waals surface area contributed by atoms with Crippen LogP contribution in [-0.2, 0) is 32.6 Å². The third-order valence-corrected chi connectivity index (χ3v) is 9.54. The van der Waals surface area contributed by atoms with Gasteiger partial charge in [0.05, 0.1) is 17.7 Å². The Hall–Kier alpha value is -4.15.